The van der Waals surface area contributed by atoms with Crippen molar-refractivity contribution in [2.24, 2.45) is 5.92 Å². The summed E-state index contributed by atoms with van der Waals surface area (Å²) in [6.07, 6.45) is -0.618. The Morgan fingerprint density at radius 2 is 2.25 bits per heavy atom. The normalized spacial score (nSPS) is 28.8. The maximum Gasteiger partial charge on any atom is 0.310 e. The van der Waals surface area contributed by atoms with Crippen LogP contribution in [-0.2, 0) is 9.53 Å². The molecule has 1 rings (SSSR count). The standard InChI is InChI=1S/C7H12FNO2.ClH/c1-11-7(10)5-2-6(8)4-9-3-5;/h5-6,9H,2-4H2,1H3;1H/t5-,6+;/m1./s1. The van der Waals surface area contributed by atoms with Gasteiger partial charge in [0.2, 0.25) is 0 Å². The lowest BCUT2D eigenvalue weighted by Crippen LogP contribution is -2.41. The Hall–Kier alpha value is -0.350. The summed E-state index contributed by atoms with van der Waals surface area (Å²) in [7, 11) is 1.32. The molecule has 72 valence electrons. The second-order valence-electron chi connectivity index (χ2n) is 2.71. The lowest BCUT2D eigenvalue weighted by molar-refractivity contribution is -0.146. The summed E-state index contributed by atoms with van der Waals surface area (Å²) < 4.78 is 17.2. The third-order valence-corrected chi connectivity index (χ3v) is 1.83. The van der Waals surface area contributed by atoms with Crippen LogP contribution in [0, 0.1) is 5.92 Å². The molecule has 3 nitrogen and oxygen atoms in total. The number of alkyl halides is 1. The van der Waals surface area contributed by atoms with E-state index in [1.807, 2.05) is 0 Å². The summed E-state index contributed by atoms with van der Waals surface area (Å²) in [6.45, 7) is 0.889. The first-order valence-electron chi connectivity index (χ1n) is 3.66. The van der Waals surface area contributed by atoms with E-state index in [9.17, 15) is 9.18 Å². The number of rotatable bonds is 1. The average molecular weight is 198 g/mol. The van der Waals surface area contributed by atoms with Crippen LogP contribution < -0.4 is 5.32 Å². The summed E-state index contributed by atoms with van der Waals surface area (Å²) in [5, 5.41) is 2.82. The Morgan fingerprint density at radius 3 is 2.75 bits per heavy atom. The Morgan fingerprint density at radius 1 is 1.58 bits per heavy atom. The molecule has 0 unspecified atom stereocenters. The molecule has 0 saturated carbocycles. The predicted octanol–water partition coefficient (Wildman–Crippen LogP) is 0.529. The number of hydrogen-bond acceptors (Lipinski definition) is 3. The molecule has 0 amide bonds. The van der Waals surface area contributed by atoms with Crippen molar-refractivity contribution >= 4 is 18.4 Å². The Labute approximate surface area is 77.1 Å². The largest absolute Gasteiger partial charge is 0.469 e. The second kappa shape index (κ2) is 5.32. The number of hydrogen-bond donors (Lipinski definition) is 1. The molecule has 0 aromatic rings. The minimum Gasteiger partial charge on any atom is -0.469 e. The topological polar surface area (TPSA) is 38.3 Å². The number of halogens is 2. The van der Waals surface area contributed by atoms with E-state index < -0.39 is 6.17 Å². The van der Waals surface area contributed by atoms with Gasteiger partial charge in [-0.1, -0.05) is 0 Å². The molecule has 0 radical (unpaired) electrons. The van der Waals surface area contributed by atoms with Crippen molar-refractivity contribution in [2.45, 2.75) is 12.6 Å². The second-order valence-corrected chi connectivity index (χ2v) is 2.71. The van der Waals surface area contributed by atoms with Crippen LogP contribution in [0.2, 0.25) is 0 Å². The summed E-state index contributed by atoms with van der Waals surface area (Å²) in [5.41, 5.74) is 0. The summed E-state index contributed by atoms with van der Waals surface area (Å²) in [6, 6.07) is 0. The van der Waals surface area contributed by atoms with Crippen LogP contribution >= 0.6 is 12.4 Å². The van der Waals surface area contributed by atoms with E-state index in [2.05, 4.69) is 10.1 Å². The van der Waals surface area contributed by atoms with E-state index >= 15 is 0 Å². The van der Waals surface area contributed by atoms with E-state index in [1.165, 1.54) is 7.11 Å². The molecule has 0 spiro atoms. The minimum atomic E-state index is -0.909. The summed E-state index contributed by atoms with van der Waals surface area (Å²) >= 11 is 0. The van der Waals surface area contributed by atoms with Crippen LogP contribution in [-0.4, -0.2) is 32.3 Å². The number of esters is 1. The van der Waals surface area contributed by atoms with Crippen LogP contribution in [0.25, 0.3) is 0 Å². The van der Waals surface area contributed by atoms with Crippen molar-refractivity contribution in [3.63, 3.8) is 0 Å². The van der Waals surface area contributed by atoms with Crippen molar-refractivity contribution in [1.29, 1.82) is 0 Å². The van der Waals surface area contributed by atoms with Crippen LogP contribution in [0.1, 0.15) is 6.42 Å². The molecule has 0 aromatic heterocycles. The molecular formula is C7H13ClFNO2. The van der Waals surface area contributed by atoms with Crippen LogP contribution in [0.5, 0.6) is 0 Å². The third-order valence-electron chi connectivity index (χ3n) is 1.83. The average Bonchev–Trinajstić information content (AvgIpc) is 2.03. The fraction of sp³-hybridized carbons (Fsp3) is 0.857. The molecule has 0 aromatic carbocycles. The molecule has 0 bridgehead atoms. The molecule has 0 aliphatic carbocycles. The van der Waals surface area contributed by atoms with Gasteiger partial charge in [0.1, 0.15) is 6.17 Å². The number of nitrogens with one attached hydrogen (secondary N) is 1. The Balaban J connectivity index is 0.00000121. The van der Waals surface area contributed by atoms with Gasteiger partial charge >= 0.3 is 5.97 Å². The zero-order chi connectivity index (χ0) is 8.27. The SMILES string of the molecule is COC(=O)[C@H]1CNC[C@@H](F)C1.Cl. The molecule has 5 heteroatoms. The van der Waals surface area contributed by atoms with Gasteiger partial charge < -0.3 is 10.1 Å². The molecule has 1 saturated heterocycles. The van der Waals surface area contributed by atoms with Gasteiger partial charge in [0, 0.05) is 13.1 Å². The molecule has 1 aliphatic heterocycles. The Bertz CT molecular complexity index is 156. The van der Waals surface area contributed by atoms with E-state index in [1.54, 1.807) is 0 Å². The smallest absolute Gasteiger partial charge is 0.310 e. The fourth-order valence-electron chi connectivity index (χ4n) is 1.24. The highest BCUT2D eigenvalue weighted by Crippen LogP contribution is 2.14. The number of ether oxygens (including phenoxy) is 1. The number of methoxy groups -OCH3 is 1. The Kier molecular flexibility index (Phi) is 5.17. The molecule has 1 aliphatic rings. The molecule has 1 fully saturated rings. The van der Waals surface area contributed by atoms with Gasteiger partial charge in [-0.05, 0) is 6.42 Å². The third kappa shape index (κ3) is 2.95. The summed E-state index contributed by atoms with van der Waals surface area (Å²) in [5.74, 6) is -0.622. The quantitative estimate of drug-likeness (QED) is 0.624. The van der Waals surface area contributed by atoms with Crippen LogP contribution in [0.15, 0.2) is 0 Å². The van der Waals surface area contributed by atoms with E-state index in [0.29, 0.717) is 19.5 Å². The molecule has 2 atom stereocenters. The van der Waals surface area contributed by atoms with E-state index in [-0.39, 0.29) is 24.3 Å². The van der Waals surface area contributed by atoms with Gasteiger partial charge in [-0.15, -0.1) is 12.4 Å². The lowest BCUT2D eigenvalue weighted by atomic mass is 9.99. The van der Waals surface area contributed by atoms with Crippen molar-refractivity contribution in [2.75, 3.05) is 20.2 Å². The highest BCUT2D eigenvalue weighted by Gasteiger charge is 2.27. The molecule has 12 heavy (non-hydrogen) atoms. The fourth-order valence-corrected chi connectivity index (χ4v) is 1.24. The van der Waals surface area contributed by atoms with Crippen molar-refractivity contribution in [3.8, 4) is 0 Å². The highest BCUT2D eigenvalue weighted by molar-refractivity contribution is 5.85. The first-order chi connectivity index (χ1) is 5.24. The van der Waals surface area contributed by atoms with Gasteiger partial charge in [-0.25, -0.2) is 4.39 Å². The van der Waals surface area contributed by atoms with Gasteiger partial charge in [0.15, 0.2) is 0 Å². The first kappa shape index (κ1) is 11.6. The van der Waals surface area contributed by atoms with Crippen molar-refractivity contribution in [3.05, 3.63) is 0 Å². The minimum absolute atomic E-state index is 0. The number of piperidine rings is 1. The molecular weight excluding hydrogens is 185 g/mol. The van der Waals surface area contributed by atoms with E-state index in [4.69, 9.17) is 0 Å². The van der Waals surface area contributed by atoms with Crippen LogP contribution in [0.3, 0.4) is 0 Å². The summed E-state index contributed by atoms with van der Waals surface area (Å²) in [4.78, 5) is 10.9. The molecule has 1 N–H and O–H groups in total. The highest BCUT2D eigenvalue weighted by atomic mass is 35.5. The maximum atomic E-state index is 12.7. The van der Waals surface area contributed by atoms with Crippen molar-refractivity contribution < 1.29 is 13.9 Å². The predicted molar refractivity (Wildman–Crippen MR) is 45.1 cm³/mol. The van der Waals surface area contributed by atoms with E-state index in [0.717, 1.165) is 0 Å². The van der Waals surface area contributed by atoms with Gasteiger partial charge in [0.25, 0.3) is 0 Å². The monoisotopic (exact) mass is 197 g/mol. The lowest BCUT2D eigenvalue weighted by Gasteiger charge is -2.23. The van der Waals surface area contributed by atoms with Gasteiger partial charge in [0.05, 0.1) is 13.0 Å². The van der Waals surface area contributed by atoms with Gasteiger partial charge in [-0.3, -0.25) is 4.79 Å². The van der Waals surface area contributed by atoms with Crippen LogP contribution in [0.4, 0.5) is 4.39 Å². The zero-order valence-electron chi connectivity index (χ0n) is 6.88. The number of carbonyl (C=O) groups excluding carboxylic acids is 1. The number of carbonyl (C=O) groups is 1. The first-order valence-corrected chi connectivity index (χ1v) is 3.66. The molecule has 1 heterocycles. The zero-order valence-corrected chi connectivity index (χ0v) is 7.70. The maximum absolute atomic E-state index is 12.7. The van der Waals surface area contributed by atoms with Crippen molar-refractivity contribution in [1.82, 2.24) is 5.32 Å². The van der Waals surface area contributed by atoms with Gasteiger partial charge in [-0.2, -0.15) is 0 Å².